The van der Waals surface area contributed by atoms with Gasteiger partial charge in [0.2, 0.25) is 5.75 Å². The number of methoxy groups -OCH3 is 3. The van der Waals surface area contributed by atoms with Crippen LogP contribution in [0.15, 0.2) is 72.8 Å². The molecule has 164 valence electrons. The molecular weight excluding hydrogens is 424 g/mol. The van der Waals surface area contributed by atoms with E-state index in [1.54, 1.807) is 51.7 Å². The number of rotatable bonds is 9. The molecule has 0 aliphatic rings. The van der Waals surface area contributed by atoms with Crippen molar-refractivity contribution in [1.82, 2.24) is 0 Å². The van der Waals surface area contributed by atoms with Crippen LogP contribution in [0, 0.1) is 0 Å². The summed E-state index contributed by atoms with van der Waals surface area (Å²) in [5.41, 5.74) is 3.70. The number of carbonyl (C=O) groups excluding carboxylic acids is 1. The average Bonchev–Trinajstić information content (AvgIpc) is 2.82. The van der Waals surface area contributed by atoms with Crippen molar-refractivity contribution in [3.8, 4) is 17.2 Å². The Morgan fingerprint density at radius 1 is 0.875 bits per heavy atom. The van der Waals surface area contributed by atoms with Crippen LogP contribution in [-0.2, 0) is 6.42 Å². The highest BCUT2D eigenvalue weighted by Crippen LogP contribution is 2.38. The fourth-order valence-electron chi connectivity index (χ4n) is 3.27. The van der Waals surface area contributed by atoms with Gasteiger partial charge in [-0.2, -0.15) is 0 Å². The van der Waals surface area contributed by atoms with Crippen molar-refractivity contribution >= 4 is 29.5 Å². The minimum Gasteiger partial charge on any atom is -0.493 e. The zero-order valence-corrected chi connectivity index (χ0v) is 19.1. The quantitative estimate of drug-likeness (QED) is 0.212. The fourth-order valence-corrected chi connectivity index (χ4v) is 3.40. The molecule has 0 spiro atoms. The average molecular weight is 449 g/mol. The second-order valence-corrected chi connectivity index (χ2v) is 7.40. The van der Waals surface area contributed by atoms with Gasteiger partial charge < -0.3 is 14.2 Å². The lowest BCUT2D eigenvalue weighted by atomic mass is 10.0. The first-order chi connectivity index (χ1) is 15.5. The summed E-state index contributed by atoms with van der Waals surface area (Å²) in [7, 11) is 4.77. The molecule has 0 N–H and O–H groups in total. The van der Waals surface area contributed by atoms with Gasteiger partial charge in [0.15, 0.2) is 17.3 Å². The molecule has 0 heterocycles. The van der Waals surface area contributed by atoms with Crippen molar-refractivity contribution in [2.75, 3.05) is 21.3 Å². The van der Waals surface area contributed by atoms with Crippen molar-refractivity contribution in [3.63, 3.8) is 0 Å². The van der Waals surface area contributed by atoms with Gasteiger partial charge in [-0.3, -0.25) is 4.79 Å². The summed E-state index contributed by atoms with van der Waals surface area (Å²) in [4.78, 5) is 12.3. The molecule has 4 nitrogen and oxygen atoms in total. The number of allylic oxidation sites excluding steroid dienone is 2. The van der Waals surface area contributed by atoms with E-state index in [0.29, 0.717) is 34.3 Å². The molecule has 0 unspecified atom stereocenters. The second kappa shape index (κ2) is 11.2. The van der Waals surface area contributed by atoms with Gasteiger partial charge >= 0.3 is 0 Å². The van der Waals surface area contributed by atoms with E-state index in [4.69, 9.17) is 25.8 Å². The SMILES string of the molecule is COc1cc(/C=C\c2ccccc2C/C=C\C(=O)c2ccc(Cl)cc2)cc(OC)c1OC. The second-order valence-electron chi connectivity index (χ2n) is 6.97. The van der Waals surface area contributed by atoms with Crippen LogP contribution in [0.5, 0.6) is 17.2 Å². The largest absolute Gasteiger partial charge is 0.493 e. The van der Waals surface area contributed by atoms with Crippen LogP contribution in [0.1, 0.15) is 27.0 Å². The lowest BCUT2D eigenvalue weighted by Gasteiger charge is -2.13. The molecule has 0 amide bonds. The van der Waals surface area contributed by atoms with Crippen LogP contribution in [0.25, 0.3) is 12.2 Å². The predicted octanol–water partition coefficient (Wildman–Crippen LogP) is 6.52. The Morgan fingerprint density at radius 2 is 1.53 bits per heavy atom. The number of ketones is 1. The number of hydrogen-bond donors (Lipinski definition) is 0. The van der Waals surface area contributed by atoms with Crippen LogP contribution in [0.2, 0.25) is 5.02 Å². The summed E-state index contributed by atoms with van der Waals surface area (Å²) in [6, 6.07) is 18.7. The summed E-state index contributed by atoms with van der Waals surface area (Å²) in [5.74, 6) is 1.71. The molecule has 0 radical (unpaired) electrons. The molecule has 0 aliphatic heterocycles. The van der Waals surface area contributed by atoms with E-state index in [-0.39, 0.29) is 5.78 Å². The third-order valence-corrected chi connectivity index (χ3v) is 5.19. The summed E-state index contributed by atoms with van der Waals surface area (Å²) in [5, 5.41) is 0.610. The number of carbonyl (C=O) groups is 1. The van der Waals surface area contributed by atoms with Gasteiger partial charge in [-0.1, -0.05) is 54.1 Å². The number of benzene rings is 3. The Labute approximate surface area is 193 Å². The topological polar surface area (TPSA) is 44.8 Å². The van der Waals surface area contributed by atoms with Crippen LogP contribution in [-0.4, -0.2) is 27.1 Å². The number of ether oxygens (including phenoxy) is 3. The van der Waals surface area contributed by atoms with E-state index in [2.05, 4.69) is 0 Å². The molecule has 0 aliphatic carbocycles. The van der Waals surface area contributed by atoms with Gasteiger partial charge in [0.25, 0.3) is 0 Å². The van der Waals surface area contributed by atoms with E-state index >= 15 is 0 Å². The molecule has 0 aromatic heterocycles. The van der Waals surface area contributed by atoms with E-state index in [1.165, 1.54) is 0 Å². The summed E-state index contributed by atoms with van der Waals surface area (Å²) >= 11 is 5.89. The van der Waals surface area contributed by atoms with Gasteiger partial charge in [-0.05, 0) is 65.6 Å². The molecule has 5 heteroatoms. The van der Waals surface area contributed by atoms with Crippen molar-refractivity contribution in [3.05, 3.63) is 100 Å². The Kier molecular flexibility index (Phi) is 8.12. The van der Waals surface area contributed by atoms with Gasteiger partial charge in [-0.25, -0.2) is 0 Å². The van der Waals surface area contributed by atoms with Gasteiger partial charge in [0.1, 0.15) is 0 Å². The predicted molar refractivity (Wildman–Crippen MR) is 130 cm³/mol. The highest BCUT2D eigenvalue weighted by atomic mass is 35.5. The molecule has 0 atom stereocenters. The fraction of sp³-hybridized carbons (Fsp3) is 0.148. The van der Waals surface area contributed by atoms with Crippen molar-refractivity contribution < 1.29 is 19.0 Å². The zero-order valence-electron chi connectivity index (χ0n) is 18.3. The van der Waals surface area contributed by atoms with Crippen LogP contribution in [0.4, 0.5) is 0 Å². The molecule has 3 aromatic rings. The maximum atomic E-state index is 12.3. The normalized spacial score (nSPS) is 11.1. The first kappa shape index (κ1) is 23.2. The molecule has 3 aromatic carbocycles. The Morgan fingerprint density at radius 3 is 2.16 bits per heavy atom. The van der Waals surface area contributed by atoms with E-state index in [0.717, 1.165) is 16.7 Å². The summed E-state index contributed by atoms with van der Waals surface area (Å²) in [6.07, 6.45) is 8.14. The standard InChI is InChI=1S/C27H25ClO4/c1-30-25-17-19(18-26(31-2)27(25)32-3)11-12-21-8-5-4-7-20(21)9-6-10-24(29)22-13-15-23(28)16-14-22/h4-8,10-18H,9H2,1-3H3/b10-6-,12-11-. The van der Waals surface area contributed by atoms with E-state index in [9.17, 15) is 4.79 Å². The first-order valence-corrected chi connectivity index (χ1v) is 10.5. The maximum absolute atomic E-state index is 12.3. The number of halogens is 1. The smallest absolute Gasteiger partial charge is 0.203 e. The lowest BCUT2D eigenvalue weighted by molar-refractivity contribution is 0.104. The molecular formula is C27H25ClO4. The molecule has 0 bridgehead atoms. The molecule has 0 fully saturated rings. The summed E-state index contributed by atoms with van der Waals surface area (Å²) < 4.78 is 16.2. The first-order valence-electron chi connectivity index (χ1n) is 10.1. The maximum Gasteiger partial charge on any atom is 0.203 e. The van der Waals surface area contributed by atoms with E-state index in [1.807, 2.05) is 54.6 Å². The van der Waals surface area contributed by atoms with Crippen LogP contribution < -0.4 is 14.2 Å². The van der Waals surface area contributed by atoms with E-state index < -0.39 is 0 Å². The van der Waals surface area contributed by atoms with Crippen molar-refractivity contribution in [2.24, 2.45) is 0 Å². The highest BCUT2D eigenvalue weighted by Gasteiger charge is 2.12. The molecule has 0 saturated heterocycles. The number of hydrogen-bond acceptors (Lipinski definition) is 4. The van der Waals surface area contributed by atoms with Crippen molar-refractivity contribution in [1.29, 1.82) is 0 Å². The van der Waals surface area contributed by atoms with Gasteiger partial charge in [0, 0.05) is 10.6 Å². The Hall–Kier alpha value is -3.50. The molecule has 3 rings (SSSR count). The van der Waals surface area contributed by atoms with Crippen LogP contribution >= 0.6 is 11.6 Å². The van der Waals surface area contributed by atoms with Crippen LogP contribution in [0.3, 0.4) is 0 Å². The monoisotopic (exact) mass is 448 g/mol. The minimum atomic E-state index is -0.0490. The molecule has 32 heavy (non-hydrogen) atoms. The Balaban J connectivity index is 1.77. The zero-order chi connectivity index (χ0) is 22.9. The minimum absolute atomic E-state index is 0.0490. The third-order valence-electron chi connectivity index (χ3n) is 4.93. The summed E-state index contributed by atoms with van der Waals surface area (Å²) in [6.45, 7) is 0. The molecule has 0 saturated carbocycles. The van der Waals surface area contributed by atoms with Crippen molar-refractivity contribution in [2.45, 2.75) is 6.42 Å². The lowest BCUT2D eigenvalue weighted by Crippen LogP contribution is -1.95. The van der Waals surface area contributed by atoms with Gasteiger partial charge in [0.05, 0.1) is 21.3 Å². The van der Waals surface area contributed by atoms with Gasteiger partial charge in [-0.15, -0.1) is 0 Å². The highest BCUT2D eigenvalue weighted by molar-refractivity contribution is 6.30. The Bertz CT molecular complexity index is 1110. The third kappa shape index (κ3) is 5.80.